The molecule has 0 aliphatic rings. The number of aryl methyl sites for hydroxylation is 1. The van der Waals surface area contributed by atoms with E-state index in [0.717, 1.165) is 11.0 Å². The smallest absolute Gasteiger partial charge is 0.153 e. The number of aromatic nitrogens is 2. The van der Waals surface area contributed by atoms with Gasteiger partial charge in [-0.1, -0.05) is 23.7 Å². The Morgan fingerprint density at radius 3 is 2.83 bits per heavy atom. The number of imidazole rings is 1. The zero-order valence-corrected chi connectivity index (χ0v) is 14.0. The van der Waals surface area contributed by atoms with Gasteiger partial charge in [-0.3, -0.25) is 0 Å². The predicted molar refractivity (Wildman–Crippen MR) is 95.9 cm³/mol. The number of fused-ring (bicyclic) bond motifs is 1. The molecule has 120 valence electrons. The van der Waals surface area contributed by atoms with Crippen LogP contribution in [-0.2, 0) is 7.05 Å². The summed E-state index contributed by atoms with van der Waals surface area (Å²) in [5.41, 5.74) is 2.90. The predicted octanol–water partition coefficient (Wildman–Crippen LogP) is 4.21. The van der Waals surface area contributed by atoms with Crippen molar-refractivity contribution in [3.05, 3.63) is 59.5 Å². The molecule has 2 aromatic carbocycles. The monoisotopic (exact) mass is 338 g/mol. The third-order valence-corrected chi connectivity index (χ3v) is 3.92. The minimum absolute atomic E-state index is 0.413. The number of methoxy groups -OCH3 is 1. The average Bonchev–Trinajstić information content (AvgIpc) is 2.93. The quantitative estimate of drug-likeness (QED) is 0.724. The highest BCUT2D eigenvalue weighted by Crippen LogP contribution is 2.28. The van der Waals surface area contributed by atoms with Crippen LogP contribution in [0.4, 0.5) is 5.69 Å². The molecule has 0 aliphatic carbocycles. The third-order valence-electron chi connectivity index (χ3n) is 3.68. The van der Waals surface area contributed by atoms with E-state index in [2.05, 4.69) is 16.4 Å². The highest BCUT2D eigenvalue weighted by Gasteiger charge is 2.12. The topological polar surface area (TPSA) is 62.9 Å². The zero-order valence-electron chi connectivity index (χ0n) is 13.2. The van der Waals surface area contributed by atoms with Crippen LogP contribution < -0.4 is 10.1 Å². The molecular weight excluding hydrogens is 324 g/mol. The van der Waals surface area contributed by atoms with Crippen molar-refractivity contribution in [1.82, 2.24) is 9.55 Å². The van der Waals surface area contributed by atoms with E-state index in [0.29, 0.717) is 27.9 Å². The van der Waals surface area contributed by atoms with Gasteiger partial charge in [0.15, 0.2) is 5.82 Å². The lowest BCUT2D eigenvalue weighted by Gasteiger charge is -2.09. The lowest BCUT2D eigenvalue weighted by Crippen LogP contribution is -1.99. The van der Waals surface area contributed by atoms with Gasteiger partial charge in [-0.2, -0.15) is 5.26 Å². The normalized spacial score (nSPS) is 11.3. The maximum atomic E-state index is 9.52. The number of nitrogens with zero attached hydrogens (tertiary/aromatic N) is 3. The number of nitrogens with one attached hydrogen (secondary N) is 1. The van der Waals surface area contributed by atoms with Crippen molar-refractivity contribution in [2.24, 2.45) is 7.05 Å². The molecule has 0 fully saturated rings. The number of hydrogen-bond acceptors (Lipinski definition) is 4. The molecule has 0 spiro atoms. The Hall–Kier alpha value is -2.97. The fourth-order valence-corrected chi connectivity index (χ4v) is 2.65. The highest BCUT2D eigenvalue weighted by atomic mass is 35.5. The van der Waals surface area contributed by atoms with Gasteiger partial charge in [0.05, 0.1) is 23.8 Å². The molecule has 1 aromatic heterocycles. The van der Waals surface area contributed by atoms with E-state index in [4.69, 9.17) is 16.3 Å². The van der Waals surface area contributed by atoms with Crippen LogP contribution >= 0.6 is 11.6 Å². The molecular formula is C18H15ClN4O. The van der Waals surface area contributed by atoms with Crippen molar-refractivity contribution in [1.29, 1.82) is 5.26 Å². The van der Waals surface area contributed by atoms with E-state index in [9.17, 15) is 5.26 Å². The molecule has 0 bridgehead atoms. The molecule has 5 nitrogen and oxygen atoms in total. The molecule has 0 amide bonds. The Kier molecular flexibility index (Phi) is 4.41. The van der Waals surface area contributed by atoms with Gasteiger partial charge in [0.1, 0.15) is 17.4 Å². The standard InChI is InChI=1S/C18H15ClN4O/c1-23-16-6-4-3-5-14(16)22-18(23)12(10-20)11-21-15-9-13(19)7-8-17(15)24-2/h3-9,11,21H,1-2H3/b12-11-. The SMILES string of the molecule is COc1ccc(Cl)cc1N/C=C(/C#N)c1nc2ccccc2n1C. The van der Waals surface area contributed by atoms with Crippen LogP contribution in [0, 0.1) is 11.3 Å². The number of allylic oxidation sites excluding steroid dienone is 1. The number of rotatable bonds is 4. The first kappa shape index (κ1) is 15.9. The molecule has 0 atom stereocenters. The fourth-order valence-electron chi connectivity index (χ4n) is 2.48. The molecule has 0 aliphatic heterocycles. The fraction of sp³-hybridized carbons (Fsp3) is 0.111. The summed E-state index contributed by atoms with van der Waals surface area (Å²) >= 11 is 6.02. The van der Waals surface area contributed by atoms with E-state index >= 15 is 0 Å². The summed E-state index contributed by atoms with van der Waals surface area (Å²) in [5.74, 6) is 1.23. The second kappa shape index (κ2) is 6.65. The van der Waals surface area contributed by atoms with Gasteiger partial charge in [-0.15, -0.1) is 0 Å². The van der Waals surface area contributed by atoms with Crippen molar-refractivity contribution in [3.8, 4) is 11.8 Å². The van der Waals surface area contributed by atoms with Crippen molar-refractivity contribution in [2.75, 3.05) is 12.4 Å². The zero-order chi connectivity index (χ0) is 17.1. The molecule has 3 rings (SSSR count). The van der Waals surface area contributed by atoms with Crippen LogP contribution in [0.25, 0.3) is 16.6 Å². The molecule has 1 N–H and O–H groups in total. The highest BCUT2D eigenvalue weighted by molar-refractivity contribution is 6.30. The number of benzene rings is 2. The molecule has 3 aromatic rings. The number of halogens is 1. The van der Waals surface area contributed by atoms with E-state index in [1.807, 2.05) is 35.9 Å². The second-order valence-electron chi connectivity index (χ2n) is 5.14. The third kappa shape index (κ3) is 2.92. The van der Waals surface area contributed by atoms with Gasteiger partial charge in [-0.25, -0.2) is 4.98 Å². The largest absolute Gasteiger partial charge is 0.495 e. The van der Waals surface area contributed by atoms with E-state index < -0.39 is 0 Å². The molecule has 1 heterocycles. The van der Waals surface area contributed by atoms with Gasteiger partial charge in [0, 0.05) is 18.3 Å². The van der Waals surface area contributed by atoms with Gasteiger partial charge < -0.3 is 14.6 Å². The molecule has 0 unspecified atom stereocenters. The average molecular weight is 339 g/mol. The van der Waals surface area contributed by atoms with Crippen molar-refractivity contribution >= 4 is 33.9 Å². The number of hydrogen-bond donors (Lipinski definition) is 1. The van der Waals surface area contributed by atoms with Crippen LogP contribution in [0.3, 0.4) is 0 Å². The molecule has 0 radical (unpaired) electrons. The number of anilines is 1. The number of para-hydroxylation sites is 2. The van der Waals surface area contributed by atoms with E-state index in [1.165, 1.54) is 0 Å². The summed E-state index contributed by atoms with van der Waals surface area (Å²) in [5, 5.41) is 13.2. The molecule has 0 saturated heterocycles. The van der Waals surface area contributed by atoms with Crippen LogP contribution in [0.1, 0.15) is 5.82 Å². The minimum atomic E-state index is 0.413. The first-order valence-electron chi connectivity index (χ1n) is 7.26. The lowest BCUT2D eigenvalue weighted by molar-refractivity contribution is 0.417. The Morgan fingerprint density at radius 1 is 1.33 bits per heavy atom. The Bertz CT molecular complexity index is 969. The summed E-state index contributed by atoms with van der Waals surface area (Å²) in [7, 11) is 3.46. The number of nitriles is 1. The number of ether oxygens (including phenoxy) is 1. The summed E-state index contributed by atoms with van der Waals surface area (Å²) < 4.78 is 7.18. The van der Waals surface area contributed by atoms with Gasteiger partial charge in [-0.05, 0) is 30.3 Å². The second-order valence-corrected chi connectivity index (χ2v) is 5.58. The Morgan fingerprint density at radius 2 is 2.12 bits per heavy atom. The van der Waals surface area contributed by atoms with Crippen molar-refractivity contribution in [2.45, 2.75) is 0 Å². The summed E-state index contributed by atoms with van der Waals surface area (Å²) in [6.45, 7) is 0. The molecule has 0 saturated carbocycles. The first-order chi connectivity index (χ1) is 11.6. The van der Waals surface area contributed by atoms with E-state index in [-0.39, 0.29) is 0 Å². The van der Waals surface area contributed by atoms with Crippen molar-refractivity contribution in [3.63, 3.8) is 0 Å². The summed E-state index contributed by atoms with van der Waals surface area (Å²) in [4.78, 5) is 4.53. The van der Waals surface area contributed by atoms with Crippen LogP contribution in [0.2, 0.25) is 5.02 Å². The first-order valence-corrected chi connectivity index (χ1v) is 7.64. The van der Waals surface area contributed by atoms with Crippen LogP contribution in [-0.4, -0.2) is 16.7 Å². The van der Waals surface area contributed by atoms with Gasteiger partial charge in [0.2, 0.25) is 0 Å². The van der Waals surface area contributed by atoms with E-state index in [1.54, 1.807) is 31.5 Å². The Labute approximate surface area is 144 Å². The minimum Gasteiger partial charge on any atom is -0.495 e. The summed E-state index contributed by atoms with van der Waals surface area (Å²) in [6, 6.07) is 15.2. The van der Waals surface area contributed by atoms with Crippen LogP contribution in [0.15, 0.2) is 48.7 Å². The lowest BCUT2D eigenvalue weighted by atomic mass is 10.2. The van der Waals surface area contributed by atoms with Gasteiger partial charge >= 0.3 is 0 Å². The van der Waals surface area contributed by atoms with Crippen molar-refractivity contribution < 1.29 is 4.74 Å². The Balaban J connectivity index is 2.00. The molecule has 24 heavy (non-hydrogen) atoms. The van der Waals surface area contributed by atoms with Gasteiger partial charge in [0.25, 0.3) is 0 Å². The van der Waals surface area contributed by atoms with Crippen LogP contribution in [0.5, 0.6) is 5.75 Å². The molecule has 6 heteroatoms. The maximum Gasteiger partial charge on any atom is 0.153 e. The maximum absolute atomic E-state index is 9.52. The summed E-state index contributed by atoms with van der Waals surface area (Å²) in [6.07, 6.45) is 1.61.